The van der Waals surface area contributed by atoms with Crippen LogP contribution >= 0.6 is 50.5 Å². The van der Waals surface area contributed by atoms with Crippen LogP contribution in [0.1, 0.15) is 22.0 Å². The first-order valence-corrected chi connectivity index (χ1v) is 7.32. The van der Waals surface area contributed by atoms with Crippen LogP contribution in [0.25, 0.3) is 0 Å². The van der Waals surface area contributed by atoms with E-state index in [2.05, 4.69) is 22.0 Å². The second-order valence-electron chi connectivity index (χ2n) is 3.75. The maximum Gasteiger partial charge on any atom is 0.0731 e. The molecule has 0 aliphatic carbocycles. The van der Waals surface area contributed by atoms with E-state index in [1.54, 1.807) is 23.5 Å². The Morgan fingerprint density at radius 1 is 1.29 bits per heavy atom. The molecule has 1 nitrogen and oxygen atoms in total. The van der Waals surface area contributed by atoms with E-state index in [9.17, 15) is 0 Å². The van der Waals surface area contributed by atoms with Crippen molar-refractivity contribution in [1.29, 1.82) is 0 Å². The van der Waals surface area contributed by atoms with Crippen LogP contribution in [0.2, 0.25) is 10.0 Å². The minimum atomic E-state index is -0.240. The molecule has 90 valence electrons. The lowest BCUT2D eigenvalue weighted by atomic mass is 10.1. The molecule has 1 heterocycles. The predicted molar refractivity (Wildman–Crippen MR) is 79.2 cm³/mol. The molecule has 0 spiro atoms. The summed E-state index contributed by atoms with van der Waals surface area (Å²) < 4.78 is 1.10. The Morgan fingerprint density at radius 3 is 2.59 bits per heavy atom. The van der Waals surface area contributed by atoms with Gasteiger partial charge in [-0.2, -0.15) is 0 Å². The van der Waals surface area contributed by atoms with Gasteiger partial charge in [0, 0.05) is 14.9 Å². The van der Waals surface area contributed by atoms with Gasteiger partial charge in [0.1, 0.15) is 0 Å². The summed E-state index contributed by atoms with van der Waals surface area (Å²) in [7, 11) is 0. The van der Waals surface area contributed by atoms with Crippen molar-refractivity contribution >= 4 is 50.5 Å². The van der Waals surface area contributed by atoms with Crippen LogP contribution in [0, 0.1) is 6.92 Å². The van der Waals surface area contributed by atoms with Crippen molar-refractivity contribution in [3.05, 3.63) is 54.1 Å². The molecule has 1 unspecified atom stereocenters. The number of benzene rings is 1. The van der Waals surface area contributed by atoms with Crippen molar-refractivity contribution < 1.29 is 0 Å². The minimum Gasteiger partial charge on any atom is -0.320 e. The van der Waals surface area contributed by atoms with Gasteiger partial charge in [-0.25, -0.2) is 0 Å². The number of nitrogens with two attached hydrogens (primary N) is 1. The normalized spacial score (nSPS) is 12.8. The maximum absolute atomic E-state index is 6.21. The second-order valence-corrected chi connectivity index (χ2v) is 6.99. The Balaban J connectivity index is 2.42. The molecule has 2 N–H and O–H groups in total. The van der Waals surface area contributed by atoms with Crippen LogP contribution in [0.4, 0.5) is 0 Å². The van der Waals surface area contributed by atoms with Crippen molar-refractivity contribution in [1.82, 2.24) is 0 Å². The van der Waals surface area contributed by atoms with Crippen molar-refractivity contribution in [3.63, 3.8) is 0 Å². The second kappa shape index (κ2) is 5.29. The molecule has 5 heteroatoms. The first kappa shape index (κ1) is 13.4. The first-order valence-electron chi connectivity index (χ1n) is 4.95. The standard InChI is InChI=1S/C12H10BrCl2NS/c1-6-4-10(17-12(6)13)11(16)8-5-7(14)2-3-9(8)15/h2-5,11H,16H2,1H3. The number of rotatable bonds is 2. The third kappa shape index (κ3) is 2.85. The zero-order valence-corrected chi connectivity index (χ0v) is 12.9. The molecule has 17 heavy (non-hydrogen) atoms. The molecule has 1 aromatic carbocycles. The van der Waals surface area contributed by atoms with Gasteiger partial charge in [-0.1, -0.05) is 23.2 Å². The van der Waals surface area contributed by atoms with Crippen molar-refractivity contribution in [2.24, 2.45) is 5.73 Å². The van der Waals surface area contributed by atoms with E-state index in [1.807, 2.05) is 13.0 Å². The molecule has 1 atom stereocenters. The van der Waals surface area contributed by atoms with Crippen molar-refractivity contribution in [2.45, 2.75) is 13.0 Å². The highest BCUT2D eigenvalue weighted by Crippen LogP contribution is 2.36. The third-order valence-electron chi connectivity index (χ3n) is 2.48. The molecule has 2 rings (SSSR count). The molecule has 0 fully saturated rings. The number of hydrogen-bond acceptors (Lipinski definition) is 2. The molecule has 0 saturated heterocycles. The zero-order valence-electron chi connectivity index (χ0n) is 9.01. The van der Waals surface area contributed by atoms with E-state index in [4.69, 9.17) is 28.9 Å². The molecule has 1 aromatic heterocycles. The Bertz CT molecular complexity index is 534. The molecular weight excluding hydrogens is 341 g/mol. The Kier molecular flexibility index (Phi) is 4.16. The highest BCUT2D eigenvalue weighted by molar-refractivity contribution is 9.11. The van der Waals surface area contributed by atoms with Gasteiger partial charge in [-0.3, -0.25) is 0 Å². The van der Waals surface area contributed by atoms with Gasteiger partial charge < -0.3 is 5.73 Å². The van der Waals surface area contributed by atoms with Gasteiger partial charge in [-0.05, 0) is 58.2 Å². The van der Waals surface area contributed by atoms with Gasteiger partial charge in [0.05, 0.1) is 9.83 Å². The molecular formula is C12H10BrCl2NS. The quantitative estimate of drug-likeness (QED) is 0.793. The van der Waals surface area contributed by atoms with Crippen LogP contribution in [-0.2, 0) is 0 Å². The van der Waals surface area contributed by atoms with Gasteiger partial charge in [0.2, 0.25) is 0 Å². The fraction of sp³-hybridized carbons (Fsp3) is 0.167. The highest BCUT2D eigenvalue weighted by atomic mass is 79.9. The number of halogens is 3. The van der Waals surface area contributed by atoms with Crippen LogP contribution in [0.3, 0.4) is 0 Å². The van der Waals surface area contributed by atoms with Crippen LogP contribution in [0.5, 0.6) is 0 Å². The number of hydrogen-bond donors (Lipinski definition) is 1. The summed E-state index contributed by atoms with van der Waals surface area (Å²) in [6, 6.07) is 7.18. The fourth-order valence-electron chi connectivity index (χ4n) is 1.54. The zero-order chi connectivity index (χ0) is 12.6. The number of thiophene rings is 1. The molecule has 0 saturated carbocycles. The summed E-state index contributed by atoms with van der Waals surface area (Å²) in [6.45, 7) is 2.04. The van der Waals surface area contributed by atoms with Crippen LogP contribution < -0.4 is 5.73 Å². The van der Waals surface area contributed by atoms with E-state index in [-0.39, 0.29) is 6.04 Å². The largest absolute Gasteiger partial charge is 0.320 e. The van der Waals surface area contributed by atoms with E-state index in [0.29, 0.717) is 10.0 Å². The molecule has 0 bridgehead atoms. The SMILES string of the molecule is Cc1cc(C(N)c2cc(Cl)ccc2Cl)sc1Br. The van der Waals surface area contributed by atoms with Crippen LogP contribution in [0.15, 0.2) is 28.1 Å². The van der Waals surface area contributed by atoms with Crippen molar-refractivity contribution in [2.75, 3.05) is 0 Å². The lowest BCUT2D eigenvalue weighted by molar-refractivity contribution is 0.893. The van der Waals surface area contributed by atoms with Gasteiger partial charge in [0.25, 0.3) is 0 Å². The molecule has 0 amide bonds. The summed E-state index contributed by atoms with van der Waals surface area (Å²) in [6.07, 6.45) is 0. The van der Waals surface area contributed by atoms with Crippen molar-refractivity contribution in [3.8, 4) is 0 Å². The Morgan fingerprint density at radius 2 is 2.00 bits per heavy atom. The first-order chi connectivity index (χ1) is 7.99. The summed E-state index contributed by atoms with van der Waals surface area (Å²) in [5.74, 6) is 0. The molecule has 0 aliphatic heterocycles. The Hall–Kier alpha value is -0.0600. The average Bonchev–Trinajstić information content (AvgIpc) is 2.62. The number of aryl methyl sites for hydroxylation is 1. The van der Waals surface area contributed by atoms with E-state index in [1.165, 1.54) is 5.56 Å². The minimum absolute atomic E-state index is 0.240. The Labute approximate surface area is 123 Å². The lowest BCUT2D eigenvalue weighted by Crippen LogP contribution is -2.10. The fourth-order valence-corrected chi connectivity index (χ4v) is 3.55. The summed E-state index contributed by atoms with van der Waals surface area (Å²) in [5.41, 5.74) is 8.25. The van der Waals surface area contributed by atoms with Crippen LogP contribution in [-0.4, -0.2) is 0 Å². The third-order valence-corrected chi connectivity index (χ3v) is 5.27. The smallest absolute Gasteiger partial charge is 0.0731 e. The van der Waals surface area contributed by atoms with E-state index in [0.717, 1.165) is 14.2 Å². The van der Waals surface area contributed by atoms with Gasteiger partial charge in [0.15, 0.2) is 0 Å². The van der Waals surface area contributed by atoms with E-state index >= 15 is 0 Å². The van der Waals surface area contributed by atoms with Gasteiger partial charge >= 0.3 is 0 Å². The topological polar surface area (TPSA) is 26.0 Å². The molecule has 0 radical (unpaired) electrons. The molecule has 2 aromatic rings. The monoisotopic (exact) mass is 349 g/mol. The summed E-state index contributed by atoms with van der Waals surface area (Å²) in [5, 5.41) is 1.29. The molecule has 0 aliphatic rings. The summed E-state index contributed by atoms with van der Waals surface area (Å²) in [4.78, 5) is 1.07. The summed E-state index contributed by atoms with van der Waals surface area (Å²) >= 11 is 17.2. The highest BCUT2D eigenvalue weighted by Gasteiger charge is 2.16. The van der Waals surface area contributed by atoms with Gasteiger partial charge in [-0.15, -0.1) is 11.3 Å². The lowest BCUT2D eigenvalue weighted by Gasteiger charge is -2.12. The average molecular weight is 351 g/mol. The van der Waals surface area contributed by atoms with E-state index < -0.39 is 0 Å². The predicted octanol–water partition coefficient (Wildman–Crippen LogP) is 5.17. The maximum atomic E-state index is 6.21.